The van der Waals surface area contributed by atoms with Crippen molar-refractivity contribution in [3.63, 3.8) is 0 Å². The van der Waals surface area contributed by atoms with Crippen molar-refractivity contribution in [2.75, 3.05) is 33.4 Å². The van der Waals surface area contributed by atoms with E-state index in [0.29, 0.717) is 25.7 Å². The zero-order chi connectivity index (χ0) is 18.7. The molecule has 26 heavy (non-hydrogen) atoms. The summed E-state index contributed by atoms with van der Waals surface area (Å²) in [6, 6.07) is 7.44. The van der Waals surface area contributed by atoms with E-state index in [0.717, 1.165) is 11.5 Å². The number of carbonyl (C=O) groups excluding carboxylic acids is 1. The van der Waals surface area contributed by atoms with E-state index < -0.39 is 0 Å². The molecule has 0 aliphatic heterocycles. The van der Waals surface area contributed by atoms with Gasteiger partial charge in [-0.25, -0.2) is 4.99 Å². The number of nitrogens with zero attached hydrogens (tertiary/aromatic N) is 1. The van der Waals surface area contributed by atoms with Gasteiger partial charge in [-0.3, -0.25) is 4.79 Å². The summed E-state index contributed by atoms with van der Waals surface area (Å²) in [5, 5.41) is 9.12. The quantitative estimate of drug-likeness (QED) is 0.231. The molecule has 0 saturated carbocycles. The highest BCUT2D eigenvalue weighted by molar-refractivity contribution is 14.0. The van der Waals surface area contributed by atoms with Gasteiger partial charge in [-0.2, -0.15) is 0 Å². The molecule has 1 aromatic rings. The predicted octanol–water partition coefficient (Wildman–Crippen LogP) is 2.16. The van der Waals surface area contributed by atoms with Crippen LogP contribution in [0.1, 0.15) is 27.7 Å². The van der Waals surface area contributed by atoms with E-state index in [1.54, 1.807) is 7.11 Å². The van der Waals surface area contributed by atoms with Crippen LogP contribution in [0.15, 0.2) is 29.3 Å². The highest BCUT2D eigenvalue weighted by atomic mass is 127. The Balaban J connectivity index is 0.00000625. The Labute approximate surface area is 173 Å². The number of halogens is 1. The fourth-order valence-electron chi connectivity index (χ4n) is 1.98. The molecule has 0 fully saturated rings. The average Bonchev–Trinajstić information content (AvgIpc) is 2.55. The summed E-state index contributed by atoms with van der Waals surface area (Å²) >= 11 is 0. The van der Waals surface area contributed by atoms with Gasteiger partial charge in [-0.05, 0) is 39.8 Å². The summed E-state index contributed by atoms with van der Waals surface area (Å²) in [5.41, 5.74) is -0.261. The van der Waals surface area contributed by atoms with Crippen molar-refractivity contribution in [2.24, 2.45) is 4.99 Å². The molecule has 0 heterocycles. The number of benzene rings is 1. The van der Waals surface area contributed by atoms with Crippen molar-refractivity contribution in [1.29, 1.82) is 0 Å². The van der Waals surface area contributed by atoms with Crippen LogP contribution in [-0.2, 0) is 4.79 Å². The normalized spacial score (nSPS) is 11.2. The molecule has 0 saturated heterocycles. The maximum Gasteiger partial charge on any atom is 0.242 e. The first-order chi connectivity index (χ1) is 11.8. The molecule has 1 rings (SSSR count). The van der Waals surface area contributed by atoms with E-state index >= 15 is 0 Å². The zero-order valence-electron chi connectivity index (χ0n) is 16.2. The van der Waals surface area contributed by atoms with Crippen LogP contribution in [0.5, 0.6) is 11.5 Å². The van der Waals surface area contributed by atoms with E-state index in [-0.39, 0.29) is 42.0 Å². The van der Waals surface area contributed by atoms with Crippen molar-refractivity contribution < 1.29 is 14.3 Å². The summed E-state index contributed by atoms with van der Waals surface area (Å²) < 4.78 is 10.8. The molecule has 0 radical (unpaired) electrons. The summed E-state index contributed by atoms with van der Waals surface area (Å²) in [4.78, 5) is 16.1. The molecular weight excluding hydrogens is 447 g/mol. The number of methoxy groups -OCH3 is 1. The molecule has 0 unspecified atom stereocenters. The van der Waals surface area contributed by atoms with Crippen LogP contribution >= 0.6 is 24.0 Å². The highest BCUT2D eigenvalue weighted by Gasteiger charge is 2.13. The fourth-order valence-corrected chi connectivity index (χ4v) is 1.98. The Hall–Kier alpha value is -1.71. The van der Waals surface area contributed by atoms with Gasteiger partial charge in [0.2, 0.25) is 5.91 Å². The molecule has 0 spiro atoms. The molecule has 1 amide bonds. The maximum atomic E-state index is 11.8. The van der Waals surface area contributed by atoms with Gasteiger partial charge < -0.3 is 25.4 Å². The minimum atomic E-state index is -0.261. The molecular formula is C18H31IN4O3. The van der Waals surface area contributed by atoms with Crippen LogP contribution in [0, 0.1) is 0 Å². The van der Waals surface area contributed by atoms with Crippen molar-refractivity contribution in [3.8, 4) is 11.5 Å². The Bertz CT molecular complexity index is 574. The lowest BCUT2D eigenvalue weighted by molar-refractivity contribution is -0.121. The van der Waals surface area contributed by atoms with Crippen LogP contribution in [0.25, 0.3) is 0 Å². The van der Waals surface area contributed by atoms with Gasteiger partial charge in [-0.1, -0.05) is 6.07 Å². The van der Waals surface area contributed by atoms with E-state index in [1.165, 1.54) is 0 Å². The zero-order valence-corrected chi connectivity index (χ0v) is 18.5. The molecule has 0 bridgehead atoms. The molecule has 7 nitrogen and oxygen atoms in total. The lowest BCUT2D eigenvalue weighted by Gasteiger charge is -2.20. The van der Waals surface area contributed by atoms with E-state index in [1.807, 2.05) is 52.0 Å². The third kappa shape index (κ3) is 11.0. The largest absolute Gasteiger partial charge is 0.497 e. The highest BCUT2D eigenvalue weighted by Crippen LogP contribution is 2.18. The lowest BCUT2D eigenvalue weighted by atomic mass is 10.1. The molecule has 0 atom stereocenters. The molecule has 1 aromatic carbocycles. The first kappa shape index (κ1) is 24.3. The first-order valence-corrected chi connectivity index (χ1v) is 8.44. The Morgan fingerprint density at radius 3 is 2.50 bits per heavy atom. The number of hydrogen-bond donors (Lipinski definition) is 3. The molecule has 148 valence electrons. The minimum absolute atomic E-state index is 0. The Morgan fingerprint density at radius 2 is 1.88 bits per heavy atom. The molecule has 0 aliphatic carbocycles. The Morgan fingerprint density at radius 1 is 1.19 bits per heavy atom. The fraction of sp³-hybridized carbons (Fsp3) is 0.556. The van der Waals surface area contributed by atoms with Crippen molar-refractivity contribution in [3.05, 3.63) is 24.3 Å². The third-order valence-corrected chi connectivity index (χ3v) is 2.94. The van der Waals surface area contributed by atoms with Gasteiger partial charge in [0, 0.05) is 18.2 Å². The van der Waals surface area contributed by atoms with Gasteiger partial charge in [0.1, 0.15) is 24.7 Å². The predicted molar refractivity (Wildman–Crippen MR) is 116 cm³/mol. The molecule has 0 aromatic heterocycles. The van der Waals surface area contributed by atoms with Crippen LogP contribution in [0.4, 0.5) is 0 Å². The third-order valence-electron chi connectivity index (χ3n) is 2.94. The van der Waals surface area contributed by atoms with Crippen LogP contribution in [0.2, 0.25) is 0 Å². The van der Waals surface area contributed by atoms with Gasteiger partial charge >= 0.3 is 0 Å². The number of carbonyl (C=O) groups is 1. The van der Waals surface area contributed by atoms with Gasteiger partial charge in [0.05, 0.1) is 13.7 Å². The molecule has 3 N–H and O–H groups in total. The first-order valence-electron chi connectivity index (χ1n) is 8.44. The second-order valence-electron chi connectivity index (χ2n) is 6.45. The SMILES string of the molecule is CCNC(=NCC(=O)NC(C)(C)C)NCCOc1cccc(OC)c1.I. The van der Waals surface area contributed by atoms with E-state index in [2.05, 4.69) is 20.9 Å². The minimum Gasteiger partial charge on any atom is -0.497 e. The summed E-state index contributed by atoms with van der Waals surface area (Å²) in [5.74, 6) is 1.97. The smallest absolute Gasteiger partial charge is 0.242 e. The van der Waals surface area contributed by atoms with E-state index in [4.69, 9.17) is 9.47 Å². The van der Waals surface area contributed by atoms with Crippen molar-refractivity contribution >= 4 is 35.8 Å². The monoisotopic (exact) mass is 478 g/mol. The van der Waals surface area contributed by atoms with E-state index in [9.17, 15) is 4.79 Å². The van der Waals surface area contributed by atoms with Crippen LogP contribution in [0.3, 0.4) is 0 Å². The lowest BCUT2D eigenvalue weighted by Crippen LogP contribution is -2.43. The van der Waals surface area contributed by atoms with Gasteiger partial charge in [0.15, 0.2) is 5.96 Å². The van der Waals surface area contributed by atoms with Crippen LogP contribution in [-0.4, -0.2) is 50.8 Å². The topological polar surface area (TPSA) is 84.0 Å². The summed E-state index contributed by atoms with van der Waals surface area (Å²) in [7, 11) is 1.62. The standard InChI is InChI=1S/C18H30N4O3.HI/c1-6-19-17(21-13-16(23)22-18(2,3)4)20-10-11-25-15-9-7-8-14(12-15)24-5;/h7-9,12H,6,10-11,13H2,1-5H3,(H,22,23)(H2,19,20,21);1H. The number of aliphatic imine (C=N–C) groups is 1. The second-order valence-corrected chi connectivity index (χ2v) is 6.45. The number of rotatable bonds is 8. The maximum absolute atomic E-state index is 11.8. The summed E-state index contributed by atoms with van der Waals surface area (Å²) in [6.07, 6.45) is 0. The Kier molecular flexibility index (Phi) is 11.8. The second kappa shape index (κ2) is 12.6. The molecule has 0 aliphatic rings. The van der Waals surface area contributed by atoms with Crippen molar-refractivity contribution in [2.45, 2.75) is 33.2 Å². The number of hydrogen-bond acceptors (Lipinski definition) is 4. The molecule has 8 heteroatoms. The average molecular weight is 478 g/mol. The number of amides is 1. The number of guanidine groups is 1. The van der Waals surface area contributed by atoms with Gasteiger partial charge in [0.25, 0.3) is 0 Å². The number of nitrogens with one attached hydrogen (secondary N) is 3. The van der Waals surface area contributed by atoms with Crippen molar-refractivity contribution in [1.82, 2.24) is 16.0 Å². The number of ether oxygens (including phenoxy) is 2. The van der Waals surface area contributed by atoms with Crippen LogP contribution < -0.4 is 25.4 Å². The van der Waals surface area contributed by atoms with Gasteiger partial charge in [-0.15, -0.1) is 24.0 Å². The summed E-state index contributed by atoms with van der Waals surface area (Å²) in [6.45, 7) is 9.59.